The molecular weight excluding hydrogens is 328 g/mol. The Morgan fingerprint density at radius 1 is 0.962 bits per heavy atom. The molecule has 0 atom stereocenters. The van der Waals surface area contributed by atoms with Crippen molar-refractivity contribution in [1.29, 1.82) is 5.39 Å². The van der Waals surface area contributed by atoms with E-state index in [1.807, 2.05) is 0 Å². The van der Waals surface area contributed by atoms with Crippen LogP contribution in [0.25, 0.3) is 4.98 Å². The summed E-state index contributed by atoms with van der Waals surface area (Å²) in [7, 11) is 0. The zero-order valence-corrected chi connectivity index (χ0v) is 16.3. The van der Waals surface area contributed by atoms with Crippen molar-refractivity contribution in [1.82, 2.24) is 0 Å². The van der Waals surface area contributed by atoms with Gasteiger partial charge in [0.1, 0.15) is 0 Å². The molecule has 26 heavy (non-hydrogen) atoms. The van der Waals surface area contributed by atoms with Gasteiger partial charge in [-0.3, -0.25) is 0 Å². The van der Waals surface area contributed by atoms with Gasteiger partial charge < -0.3 is 9.47 Å². The number of hydrogen-bond acceptors (Lipinski definition) is 4. The number of hydrogen-bond donors (Lipinski definition) is 0. The van der Waals surface area contributed by atoms with Crippen LogP contribution in [0.15, 0.2) is 18.2 Å². The Bertz CT molecular complexity index is 567. The fourth-order valence-electron chi connectivity index (χ4n) is 2.83. The van der Waals surface area contributed by atoms with Crippen LogP contribution < -0.4 is 4.74 Å². The van der Waals surface area contributed by atoms with Gasteiger partial charge in [0.15, 0.2) is 4.98 Å². The Kier molecular flexibility index (Phi) is 11.9. The summed E-state index contributed by atoms with van der Waals surface area (Å²) in [6.45, 7) is 4.88. The molecule has 5 heteroatoms. The minimum Gasteiger partial charge on any atom is -0.486 e. The monoisotopic (exact) mass is 361 g/mol. The van der Waals surface area contributed by atoms with Crippen molar-refractivity contribution in [2.75, 3.05) is 13.2 Å². The molecule has 5 nitrogen and oxygen atoms in total. The molecular formula is C21H33N2O3+. The third-order valence-electron chi connectivity index (χ3n) is 4.33. The van der Waals surface area contributed by atoms with Crippen LogP contribution in [0.1, 0.15) is 88.4 Å². The largest absolute Gasteiger partial charge is 0.486 e. The average molecular weight is 362 g/mol. The first-order chi connectivity index (χ1) is 12.7. The summed E-state index contributed by atoms with van der Waals surface area (Å²) in [5.41, 5.74) is 0.605. The second kappa shape index (κ2) is 14.1. The van der Waals surface area contributed by atoms with Gasteiger partial charge in [0, 0.05) is 0 Å². The molecule has 1 rings (SSSR count). The number of esters is 1. The van der Waals surface area contributed by atoms with Gasteiger partial charge in [0.2, 0.25) is 11.1 Å². The van der Waals surface area contributed by atoms with E-state index >= 15 is 0 Å². The molecule has 0 saturated heterocycles. The zero-order valence-electron chi connectivity index (χ0n) is 16.3. The van der Waals surface area contributed by atoms with Crippen LogP contribution in [0.4, 0.5) is 5.69 Å². The fourth-order valence-corrected chi connectivity index (χ4v) is 2.83. The van der Waals surface area contributed by atoms with Crippen molar-refractivity contribution in [3.8, 4) is 5.75 Å². The predicted molar refractivity (Wildman–Crippen MR) is 104 cm³/mol. The lowest BCUT2D eigenvalue weighted by Gasteiger charge is -2.06. The topological polar surface area (TPSA) is 63.7 Å². The van der Waals surface area contributed by atoms with E-state index < -0.39 is 5.97 Å². The van der Waals surface area contributed by atoms with E-state index in [9.17, 15) is 4.79 Å². The summed E-state index contributed by atoms with van der Waals surface area (Å²) in [6, 6.07) is 4.75. The van der Waals surface area contributed by atoms with Gasteiger partial charge in [-0.1, -0.05) is 64.7 Å². The summed E-state index contributed by atoms with van der Waals surface area (Å²) in [5, 5.41) is 9.12. The van der Waals surface area contributed by atoms with Gasteiger partial charge in [-0.15, -0.1) is 0 Å². The summed E-state index contributed by atoms with van der Waals surface area (Å²) < 4.78 is 10.6. The van der Waals surface area contributed by atoms with Gasteiger partial charge in [-0.2, -0.15) is 0 Å². The van der Waals surface area contributed by atoms with E-state index in [1.54, 1.807) is 19.1 Å². The Morgan fingerprint density at radius 2 is 1.58 bits per heavy atom. The highest BCUT2D eigenvalue weighted by Crippen LogP contribution is 2.29. The average Bonchev–Trinajstić information content (AvgIpc) is 2.66. The van der Waals surface area contributed by atoms with Crippen molar-refractivity contribution < 1.29 is 14.3 Å². The molecule has 0 amide bonds. The van der Waals surface area contributed by atoms with Crippen molar-refractivity contribution >= 4 is 11.7 Å². The third kappa shape index (κ3) is 8.84. The Morgan fingerprint density at radius 3 is 2.15 bits per heavy atom. The summed E-state index contributed by atoms with van der Waals surface area (Å²) >= 11 is 0. The normalized spacial score (nSPS) is 10.3. The Hall–Kier alpha value is -2.09. The van der Waals surface area contributed by atoms with Crippen LogP contribution in [0.2, 0.25) is 0 Å². The van der Waals surface area contributed by atoms with Crippen LogP contribution in [0.5, 0.6) is 5.75 Å². The number of diazo groups is 1. The molecule has 144 valence electrons. The zero-order chi connectivity index (χ0) is 19.0. The van der Waals surface area contributed by atoms with E-state index in [4.69, 9.17) is 14.9 Å². The number of rotatable bonds is 14. The van der Waals surface area contributed by atoms with Gasteiger partial charge in [-0.05, 0) is 25.5 Å². The van der Waals surface area contributed by atoms with Crippen LogP contribution in [-0.2, 0) is 4.74 Å². The highest BCUT2D eigenvalue weighted by molar-refractivity contribution is 5.91. The maximum atomic E-state index is 11.7. The van der Waals surface area contributed by atoms with Gasteiger partial charge in [0.25, 0.3) is 0 Å². The number of carbonyl (C=O) groups is 1. The lowest BCUT2D eigenvalue weighted by molar-refractivity contribution is 0.0526. The van der Waals surface area contributed by atoms with Gasteiger partial charge >= 0.3 is 11.7 Å². The minimum atomic E-state index is -0.432. The van der Waals surface area contributed by atoms with Crippen LogP contribution in [-0.4, -0.2) is 19.2 Å². The van der Waals surface area contributed by atoms with E-state index in [0.29, 0.717) is 24.5 Å². The Balaban J connectivity index is 2.21. The molecule has 1 aromatic carbocycles. The van der Waals surface area contributed by atoms with Crippen LogP contribution >= 0.6 is 0 Å². The molecule has 0 bridgehead atoms. The van der Waals surface area contributed by atoms with E-state index in [2.05, 4.69) is 11.9 Å². The van der Waals surface area contributed by atoms with Crippen molar-refractivity contribution in [2.24, 2.45) is 0 Å². The van der Waals surface area contributed by atoms with Crippen molar-refractivity contribution in [3.63, 3.8) is 0 Å². The molecule has 0 fully saturated rings. The van der Waals surface area contributed by atoms with E-state index in [-0.39, 0.29) is 5.69 Å². The molecule has 0 N–H and O–H groups in total. The van der Waals surface area contributed by atoms with E-state index in [0.717, 1.165) is 12.8 Å². The van der Waals surface area contributed by atoms with Crippen molar-refractivity contribution in [3.05, 3.63) is 28.7 Å². The summed E-state index contributed by atoms with van der Waals surface area (Å²) in [4.78, 5) is 14.9. The lowest BCUT2D eigenvalue weighted by Crippen LogP contribution is -2.04. The number of ether oxygens (including phenoxy) is 2. The SMILES string of the molecule is CCCCCCCCCCCCOc1ccc(C(=O)OCC)cc1[N+]#N. The summed E-state index contributed by atoms with van der Waals surface area (Å²) in [6.07, 6.45) is 12.7. The highest BCUT2D eigenvalue weighted by Gasteiger charge is 2.19. The molecule has 1 aromatic rings. The molecule has 0 aliphatic carbocycles. The molecule has 0 heterocycles. The fraction of sp³-hybridized carbons (Fsp3) is 0.667. The first-order valence-electron chi connectivity index (χ1n) is 10.0. The number of nitrogens with zero attached hydrogens (tertiary/aromatic N) is 2. The molecule has 0 radical (unpaired) electrons. The quantitative estimate of drug-likeness (QED) is 0.211. The number of carbonyl (C=O) groups excluding carboxylic acids is 1. The molecule has 0 saturated carbocycles. The van der Waals surface area contributed by atoms with Gasteiger partial charge in [-0.25, -0.2) is 4.79 Å². The molecule has 0 aliphatic heterocycles. The molecule has 0 aromatic heterocycles. The van der Waals surface area contributed by atoms with Crippen molar-refractivity contribution in [2.45, 2.75) is 78.1 Å². The first kappa shape index (κ1) is 22.0. The standard InChI is InChI=1S/C21H33N2O3/c1-3-5-6-7-8-9-10-11-12-13-16-26-20-15-14-18(17-19(20)23-22)21(24)25-4-2/h14-15,17H,3-13,16H2,1-2H3/q+1. The second-order valence-corrected chi connectivity index (χ2v) is 6.53. The summed E-state index contributed by atoms with van der Waals surface area (Å²) in [5.74, 6) is 0.0510. The van der Waals surface area contributed by atoms with Crippen LogP contribution in [0.3, 0.4) is 0 Å². The maximum absolute atomic E-state index is 11.7. The van der Waals surface area contributed by atoms with Gasteiger partial charge in [0.05, 0.1) is 24.8 Å². The Labute approximate surface area is 157 Å². The second-order valence-electron chi connectivity index (χ2n) is 6.53. The van der Waals surface area contributed by atoms with E-state index in [1.165, 1.54) is 57.4 Å². The lowest BCUT2D eigenvalue weighted by atomic mass is 10.1. The number of unbranched alkanes of at least 4 members (excludes halogenated alkanes) is 9. The third-order valence-corrected chi connectivity index (χ3v) is 4.33. The molecule has 0 aliphatic rings. The molecule has 0 unspecified atom stereocenters. The minimum absolute atomic E-state index is 0.252. The highest BCUT2D eigenvalue weighted by atomic mass is 16.5. The number of benzene rings is 1. The maximum Gasteiger partial charge on any atom is 0.427 e. The molecule has 0 spiro atoms. The van der Waals surface area contributed by atoms with Crippen LogP contribution in [0, 0.1) is 5.39 Å². The first-order valence-corrected chi connectivity index (χ1v) is 10.0. The predicted octanol–water partition coefficient (Wildman–Crippen LogP) is 6.65. The smallest absolute Gasteiger partial charge is 0.427 e.